The van der Waals surface area contributed by atoms with Gasteiger partial charge in [0.1, 0.15) is 18.6 Å². The maximum atomic E-state index is 13.4. The Morgan fingerprint density at radius 3 is 2.34 bits per heavy atom. The lowest BCUT2D eigenvalue weighted by atomic mass is 9.97. The van der Waals surface area contributed by atoms with Gasteiger partial charge in [-0.15, -0.1) is 0 Å². The molecule has 2 heterocycles. The molecule has 1 fully saturated rings. The van der Waals surface area contributed by atoms with Gasteiger partial charge in [-0.05, 0) is 44.1 Å². The number of para-hydroxylation sites is 1. The van der Waals surface area contributed by atoms with Crippen molar-refractivity contribution >= 4 is 11.4 Å². The van der Waals surface area contributed by atoms with Gasteiger partial charge >= 0.3 is 6.18 Å². The third kappa shape index (κ3) is 5.35. The van der Waals surface area contributed by atoms with Crippen LogP contribution in [0.4, 0.5) is 24.5 Å². The number of anilines is 2. The number of methoxy groups -OCH3 is 1. The van der Waals surface area contributed by atoms with Crippen molar-refractivity contribution in [2.24, 2.45) is 11.5 Å². The number of alkyl halides is 3. The molecule has 1 saturated heterocycles. The number of halogens is 3. The second-order valence-corrected chi connectivity index (χ2v) is 9.47. The number of likely N-dealkylation sites (tertiary alicyclic amines) is 1. The molecule has 0 bridgehead atoms. The SMILES string of the molecule is COc1cccc(N(C)C)c1CN1CCC(N2C(N)c3ccccc3N(CC(F)(F)F)C2N)CC1. The molecule has 10 heteroatoms. The highest BCUT2D eigenvalue weighted by molar-refractivity contribution is 5.59. The number of ether oxygens (including phenoxy) is 1. The smallest absolute Gasteiger partial charge is 0.406 e. The van der Waals surface area contributed by atoms with Gasteiger partial charge in [-0.1, -0.05) is 24.3 Å². The molecule has 0 amide bonds. The maximum Gasteiger partial charge on any atom is 0.406 e. The van der Waals surface area contributed by atoms with E-state index >= 15 is 0 Å². The highest BCUT2D eigenvalue weighted by Crippen LogP contribution is 2.39. The second-order valence-electron chi connectivity index (χ2n) is 9.47. The summed E-state index contributed by atoms with van der Waals surface area (Å²) in [7, 11) is 5.69. The highest BCUT2D eigenvalue weighted by Gasteiger charge is 2.43. The summed E-state index contributed by atoms with van der Waals surface area (Å²) in [6.45, 7) is 1.18. The van der Waals surface area contributed by atoms with Crippen molar-refractivity contribution in [3.8, 4) is 5.75 Å². The van der Waals surface area contributed by atoms with Crippen molar-refractivity contribution in [1.82, 2.24) is 9.80 Å². The maximum absolute atomic E-state index is 13.4. The molecule has 2 atom stereocenters. The van der Waals surface area contributed by atoms with Crippen molar-refractivity contribution in [1.29, 1.82) is 0 Å². The quantitative estimate of drug-likeness (QED) is 0.641. The van der Waals surface area contributed by atoms with E-state index in [2.05, 4.69) is 15.9 Å². The van der Waals surface area contributed by atoms with Crippen molar-refractivity contribution in [3.63, 3.8) is 0 Å². The molecule has 0 radical (unpaired) electrons. The van der Waals surface area contributed by atoms with Gasteiger partial charge in [0.2, 0.25) is 0 Å². The summed E-state index contributed by atoms with van der Waals surface area (Å²) >= 11 is 0. The minimum atomic E-state index is -4.37. The monoisotopic (exact) mass is 492 g/mol. The molecule has 2 aliphatic heterocycles. The summed E-state index contributed by atoms with van der Waals surface area (Å²) in [5.74, 6) is 0.845. The van der Waals surface area contributed by atoms with Crippen LogP contribution in [0.1, 0.15) is 30.1 Å². The molecule has 0 spiro atoms. The van der Waals surface area contributed by atoms with Gasteiger partial charge < -0.3 is 20.3 Å². The third-order valence-electron chi connectivity index (χ3n) is 7.03. The van der Waals surface area contributed by atoms with Crippen molar-refractivity contribution in [2.45, 2.75) is 44.1 Å². The van der Waals surface area contributed by atoms with Crippen LogP contribution in [0.3, 0.4) is 0 Å². The minimum Gasteiger partial charge on any atom is -0.496 e. The fraction of sp³-hybridized carbons (Fsp3) is 0.520. The summed E-state index contributed by atoms with van der Waals surface area (Å²) in [6.07, 6.45) is -4.37. The zero-order valence-corrected chi connectivity index (χ0v) is 20.5. The normalized spacial score (nSPS) is 22.2. The zero-order chi connectivity index (χ0) is 25.3. The third-order valence-corrected chi connectivity index (χ3v) is 7.03. The van der Waals surface area contributed by atoms with Gasteiger partial charge in [-0.2, -0.15) is 13.2 Å². The van der Waals surface area contributed by atoms with Crippen LogP contribution in [0.25, 0.3) is 0 Å². The Balaban J connectivity index is 1.51. The van der Waals surface area contributed by atoms with Crippen LogP contribution < -0.4 is 26.0 Å². The molecule has 2 aliphatic rings. The first kappa shape index (κ1) is 25.6. The Morgan fingerprint density at radius 1 is 1.03 bits per heavy atom. The van der Waals surface area contributed by atoms with Crippen LogP contribution in [0.5, 0.6) is 5.75 Å². The van der Waals surface area contributed by atoms with E-state index < -0.39 is 25.2 Å². The van der Waals surface area contributed by atoms with E-state index in [4.69, 9.17) is 16.2 Å². The van der Waals surface area contributed by atoms with Crippen molar-refractivity contribution in [2.75, 3.05) is 50.6 Å². The summed E-state index contributed by atoms with van der Waals surface area (Å²) < 4.78 is 45.9. The molecule has 4 N–H and O–H groups in total. The lowest BCUT2D eigenvalue weighted by Crippen LogP contribution is -2.65. The summed E-state index contributed by atoms with van der Waals surface area (Å²) in [5.41, 5.74) is 16.4. The van der Waals surface area contributed by atoms with Crippen LogP contribution in [0.2, 0.25) is 0 Å². The number of rotatable bonds is 6. The lowest BCUT2D eigenvalue weighted by Gasteiger charge is -2.51. The summed E-state index contributed by atoms with van der Waals surface area (Å²) in [4.78, 5) is 7.51. The predicted molar refractivity (Wildman–Crippen MR) is 132 cm³/mol. The Hall–Kier alpha value is -2.53. The fourth-order valence-electron chi connectivity index (χ4n) is 5.37. The van der Waals surface area contributed by atoms with Gasteiger partial charge in [0.05, 0.1) is 13.3 Å². The molecule has 2 aromatic rings. The summed E-state index contributed by atoms with van der Waals surface area (Å²) in [6, 6.07) is 13.0. The predicted octanol–water partition coefficient (Wildman–Crippen LogP) is 3.31. The van der Waals surface area contributed by atoms with Gasteiger partial charge in [0, 0.05) is 49.2 Å². The number of benzene rings is 2. The van der Waals surface area contributed by atoms with E-state index in [0.29, 0.717) is 11.3 Å². The van der Waals surface area contributed by atoms with Crippen molar-refractivity contribution in [3.05, 3.63) is 53.6 Å². The first-order valence-electron chi connectivity index (χ1n) is 11.9. The Morgan fingerprint density at radius 2 is 1.71 bits per heavy atom. The average molecular weight is 493 g/mol. The standard InChI is InChI=1S/C25H35F3N6O/c1-31(2)20-9-6-10-22(35-3)19(20)15-32-13-11-17(12-14-32)34-23(29)18-7-4-5-8-21(18)33(24(34)30)16-25(26,27)28/h4-10,17,23-24H,11-16,29-30H2,1-3H3. The zero-order valence-electron chi connectivity index (χ0n) is 20.5. The molecule has 192 valence electrons. The number of fused-ring (bicyclic) bond motifs is 1. The number of nitrogens with zero attached hydrogens (tertiary/aromatic N) is 4. The van der Waals surface area contributed by atoms with E-state index in [-0.39, 0.29) is 6.04 Å². The van der Waals surface area contributed by atoms with E-state index in [9.17, 15) is 13.2 Å². The van der Waals surface area contributed by atoms with Crippen molar-refractivity contribution < 1.29 is 17.9 Å². The molecule has 2 aromatic carbocycles. The van der Waals surface area contributed by atoms with Crippen LogP contribution in [0.15, 0.2) is 42.5 Å². The number of piperidine rings is 1. The van der Waals surface area contributed by atoms with Gasteiger partial charge in [0.25, 0.3) is 0 Å². The topological polar surface area (TPSA) is 74.2 Å². The van der Waals surface area contributed by atoms with Gasteiger partial charge in [-0.25, -0.2) is 4.90 Å². The molecule has 7 nitrogen and oxygen atoms in total. The van der Waals surface area contributed by atoms with E-state index in [1.807, 2.05) is 31.1 Å². The Bertz CT molecular complexity index is 1010. The van der Waals surface area contributed by atoms with Crippen LogP contribution in [0, 0.1) is 0 Å². The fourth-order valence-corrected chi connectivity index (χ4v) is 5.37. The lowest BCUT2D eigenvalue weighted by molar-refractivity contribution is -0.124. The first-order chi connectivity index (χ1) is 16.6. The minimum absolute atomic E-state index is 0.0219. The molecule has 0 aliphatic carbocycles. The molecule has 0 saturated carbocycles. The van der Waals surface area contributed by atoms with Gasteiger partial charge in [-0.3, -0.25) is 10.6 Å². The van der Waals surface area contributed by atoms with E-state index in [0.717, 1.165) is 49.5 Å². The number of nitrogens with two attached hydrogens (primary N) is 2. The van der Waals surface area contributed by atoms with Gasteiger partial charge in [0.15, 0.2) is 0 Å². The van der Waals surface area contributed by atoms with E-state index in [1.165, 1.54) is 4.90 Å². The van der Waals surface area contributed by atoms with Crippen LogP contribution in [-0.4, -0.2) is 69.1 Å². The largest absolute Gasteiger partial charge is 0.496 e. The molecule has 2 unspecified atom stereocenters. The Labute approximate surface area is 205 Å². The number of hydrogen-bond donors (Lipinski definition) is 2. The summed E-state index contributed by atoms with van der Waals surface area (Å²) in [5, 5.41) is 0. The van der Waals surface area contributed by atoms with Crippen LogP contribution in [-0.2, 0) is 6.54 Å². The van der Waals surface area contributed by atoms with E-state index in [1.54, 1.807) is 31.4 Å². The number of hydrogen-bond acceptors (Lipinski definition) is 7. The molecule has 4 rings (SSSR count). The first-order valence-corrected chi connectivity index (χ1v) is 11.9. The molecule has 35 heavy (non-hydrogen) atoms. The molecule has 0 aromatic heterocycles. The average Bonchev–Trinajstić information content (AvgIpc) is 2.82. The highest BCUT2D eigenvalue weighted by atomic mass is 19.4. The molecular formula is C25H35F3N6O. The Kier molecular flexibility index (Phi) is 7.46. The second kappa shape index (κ2) is 10.2. The molecular weight excluding hydrogens is 457 g/mol. The van der Waals surface area contributed by atoms with Crippen LogP contribution >= 0.6 is 0 Å².